The highest BCUT2D eigenvalue weighted by Crippen LogP contribution is 2.25. The second-order valence-electron chi connectivity index (χ2n) is 4.40. The van der Waals surface area contributed by atoms with Crippen LogP contribution in [-0.2, 0) is 0 Å². The first-order valence-corrected chi connectivity index (χ1v) is 6.08. The van der Waals surface area contributed by atoms with E-state index in [1.807, 2.05) is 11.9 Å². The van der Waals surface area contributed by atoms with Crippen LogP contribution in [0.1, 0.15) is 27.2 Å². The van der Waals surface area contributed by atoms with E-state index in [9.17, 15) is 0 Å². The van der Waals surface area contributed by atoms with Gasteiger partial charge in [-0.2, -0.15) is 4.98 Å². The van der Waals surface area contributed by atoms with Crippen LogP contribution in [0.2, 0.25) is 10.3 Å². The van der Waals surface area contributed by atoms with Gasteiger partial charge in [-0.1, -0.05) is 25.4 Å². The Hall–Kier alpha value is -0.540. The molecule has 0 amide bonds. The monoisotopic (exact) mass is 261 g/mol. The van der Waals surface area contributed by atoms with E-state index in [4.69, 9.17) is 23.2 Å². The lowest BCUT2D eigenvalue weighted by Crippen LogP contribution is -2.31. The van der Waals surface area contributed by atoms with Crippen LogP contribution in [0.25, 0.3) is 0 Å². The van der Waals surface area contributed by atoms with Gasteiger partial charge in [0.2, 0.25) is 5.28 Å². The second kappa shape index (κ2) is 5.69. The summed E-state index contributed by atoms with van der Waals surface area (Å²) in [4.78, 5) is 10.0. The number of hydrogen-bond donors (Lipinski definition) is 0. The number of aromatic nitrogens is 2. The smallest absolute Gasteiger partial charge is 0.224 e. The van der Waals surface area contributed by atoms with E-state index >= 15 is 0 Å². The molecule has 1 aromatic rings. The van der Waals surface area contributed by atoms with Gasteiger partial charge in [0.1, 0.15) is 5.02 Å². The van der Waals surface area contributed by atoms with Crippen molar-refractivity contribution in [2.45, 2.75) is 33.2 Å². The van der Waals surface area contributed by atoms with Crippen molar-refractivity contribution in [2.75, 3.05) is 11.9 Å². The number of halogens is 2. The molecule has 0 aliphatic carbocycles. The summed E-state index contributed by atoms with van der Waals surface area (Å²) in [7, 11) is 1.97. The van der Waals surface area contributed by atoms with Crippen LogP contribution in [0.3, 0.4) is 0 Å². The molecule has 1 heterocycles. The van der Waals surface area contributed by atoms with Crippen LogP contribution in [-0.4, -0.2) is 23.1 Å². The molecule has 0 radical (unpaired) electrons. The maximum absolute atomic E-state index is 6.05. The van der Waals surface area contributed by atoms with Crippen molar-refractivity contribution in [3.8, 4) is 0 Å². The van der Waals surface area contributed by atoms with E-state index in [0.29, 0.717) is 22.8 Å². The summed E-state index contributed by atoms with van der Waals surface area (Å²) in [5.41, 5.74) is 0. The van der Waals surface area contributed by atoms with Crippen LogP contribution in [0.15, 0.2) is 6.20 Å². The molecule has 1 unspecified atom stereocenters. The molecule has 0 saturated heterocycles. The lowest BCUT2D eigenvalue weighted by Gasteiger charge is -2.27. The molecule has 0 aliphatic heterocycles. The highest BCUT2D eigenvalue weighted by molar-refractivity contribution is 6.33. The maximum atomic E-state index is 6.05. The molecular weight excluding hydrogens is 245 g/mol. The average Bonchev–Trinajstić information content (AvgIpc) is 2.19. The van der Waals surface area contributed by atoms with Crippen LogP contribution in [0.4, 0.5) is 5.82 Å². The Kier molecular flexibility index (Phi) is 4.81. The second-order valence-corrected chi connectivity index (χ2v) is 5.15. The summed E-state index contributed by atoms with van der Waals surface area (Å²) < 4.78 is 0. The molecule has 1 aromatic heterocycles. The predicted octanol–water partition coefficient (Wildman–Crippen LogP) is 3.65. The average molecular weight is 262 g/mol. The van der Waals surface area contributed by atoms with Crippen LogP contribution >= 0.6 is 23.2 Å². The van der Waals surface area contributed by atoms with E-state index in [1.165, 1.54) is 6.20 Å². The molecule has 0 bridgehead atoms. The molecule has 3 nitrogen and oxygen atoms in total. The summed E-state index contributed by atoms with van der Waals surface area (Å²) >= 11 is 11.8. The van der Waals surface area contributed by atoms with Gasteiger partial charge in [-0.3, -0.25) is 0 Å². The highest BCUT2D eigenvalue weighted by Gasteiger charge is 2.16. The minimum Gasteiger partial charge on any atom is -0.356 e. The molecule has 16 heavy (non-hydrogen) atoms. The summed E-state index contributed by atoms with van der Waals surface area (Å²) in [5.74, 6) is 1.32. The highest BCUT2D eigenvalue weighted by atomic mass is 35.5. The molecule has 0 spiro atoms. The lowest BCUT2D eigenvalue weighted by atomic mass is 10.0. The van der Waals surface area contributed by atoms with Gasteiger partial charge < -0.3 is 4.90 Å². The Labute approximate surface area is 107 Å². The van der Waals surface area contributed by atoms with E-state index in [2.05, 4.69) is 30.7 Å². The molecule has 0 aliphatic rings. The van der Waals surface area contributed by atoms with Crippen molar-refractivity contribution < 1.29 is 0 Å². The SMILES string of the molecule is CC(C)CC(C)N(C)c1nc(Cl)ncc1Cl. The van der Waals surface area contributed by atoms with Crippen molar-refractivity contribution in [3.05, 3.63) is 16.5 Å². The third-order valence-corrected chi connectivity index (χ3v) is 2.95. The molecule has 5 heteroatoms. The van der Waals surface area contributed by atoms with Gasteiger partial charge >= 0.3 is 0 Å². The van der Waals surface area contributed by atoms with E-state index in [1.54, 1.807) is 0 Å². The number of anilines is 1. The van der Waals surface area contributed by atoms with Crippen LogP contribution in [0.5, 0.6) is 0 Å². The molecule has 0 aromatic carbocycles. The van der Waals surface area contributed by atoms with Crippen molar-refractivity contribution in [1.29, 1.82) is 0 Å². The number of nitrogens with zero attached hydrogens (tertiary/aromatic N) is 3. The van der Waals surface area contributed by atoms with Gasteiger partial charge in [0.25, 0.3) is 0 Å². The van der Waals surface area contributed by atoms with E-state index in [0.717, 1.165) is 6.42 Å². The van der Waals surface area contributed by atoms with Gasteiger partial charge in [-0.25, -0.2) is 4.98 Å². The summed E-state index contributed by atoms with van der Waals surface area (Å²) in [6, 6.07) is 0.364. The van der Waals surface area contributed by atoms with E-state index in [-0.39, 0.29) is 5.28 Å². The lowest BCUT2D eigenvalue weighted by molar-refractivity contribution is 0.502. The minimum atomic E-state index is 0.225. The van der Waals surface area contributed by atoms with Gasteiger partial charge in [0, 0.05) is 13.1 Å². The summed E-state index contributed by atoms with van der Waals surface area (Å²) in [5, 5.41) is 0.755. The third kappa shape index (κ3) is 3.49. The third-order valence-electron chi connectivity index (χ3n) is 2.50. The van der Waals surface area contributed by atoms with Crippen molar-refractivity contribution in [2.24, 2.45) is 5.92 Å². The van der Waals surface area contributed by atoms with Crippen LogP contribution in [0, 0.1) is 5.92 Å². The van der Waals surface area contributed by atoms with Crippen LogP contribution < -0.4 is 4.90 Å². The quantitative estimate of drug-likeness (QED) is 0.775. The molecule has 0 N–H and O–H groups in total. The molecular formula is C11H17Cl2N3. The fourth-order valence-electron chi connectivity index (χ4n) is 1.63. The Bertz CT molecular complexity index is 355. The van der Waals surface area contributed by atoms with E-state index < -0.39 is 0 Å². The molecule has 1 rings (SSSR count). The predicted molar refractivity (Wildman–Crippen MR) is 69.4 cm³/mol. The Morgan fingerprint density at radius 3 is 2.50 bits per heavy atom. The molecule has 90 valence electrons. The topological polar surface area (TPSA) is 29.0 Å². The van der Waals surface area contributed by atoms with Gasteiger partial charge in [-0.05, 0) is 30.9 Å². The molecule has 1 atom stereocenters. The fraction of sp³-hybridized carbons (Fsp3) is 0.636. The summed E-state index contributed by atoms with van der Waals surface area (Å²) in [6.07, 6.45) is 2.61. The first kappa shape index (κ1) is 13.5. The van der Waals surface area contributed by atoms with Crippen molar-refractivity contribution >= 4 is 29.0 Å². The zero-order valence-electron chi connectivity index (χ0n) is 10.0. The zero-order chi connectivity index (χ0) is 12.3. The Morgan fingerprint density at radius 1 is 1.31 bits per heavy atom. The normalized spacial score (nSPS) is 12.9. The Morgan fingerprint density at radius 2 is 1.94 bits per heavy atom. The minimum absolute atomic E-state index is 0.225. The van der Waals surface area contributed by atoms with Crippen molar-refractivity contribution in [1.82, 2.24) is 9.97 Å². The van der Waals surface area contributed by atoms with Gasteiger partial charge in [-0.15, -0.1) is 0 Å². The fourth-order valence-corrected chi connectivity index (χ4v) is 1.99. The zero-order valence-corrected chi connectivity index (χ0v) is 11.5. The Balaban J connectivity index is 2.86. The maximum Gasteiger partial charge on any atom is 0.224 e. The summed E-state index contributed by atoms with van der Waals surface area (Å²) in [6.45, 7) is 6.53. The van der Waals surface area contributed by atoms with Gasteiger partial charge in [0.05, 0.1) is 6.20 Å². The largest absolute Gasteiger partial charge is 0.356 e. The van der Waals surface area contributed by atoms with Crippen molar-refractivity contribution in [3.63, 3.8) is 0 Å². The first-order chi connectivity index (χ1) is 7.41. The molecule has 0 saturated carbocycles. The molecule has 0 fully saturated rings. The number of hydrogen-bond acceptors (Lipinski definition) is 3. The number of rotatable bonds is 4. The van der Waals surface area contributed by atoms with Gasteiger partial charge in [0.15, 0.2) is 5.82 Å². The first-order valence-electron chi connectivity index (χ1n) is 5.32. The standard InChI is InChI=1S/C11H17Cl2N3/c1-7(2)5-8(3)16(4)10-9(12)6-14-11(13)15-10/h6-8H,5H2,1-4H3.